The first-order chi connectivity index (χ1) is 8.99. The maximum atomic E-state index is 10.7. The molecule has 0 aliphatic carbocycles. The highest BCUT2D eigenvalue weighted by molar-refractivity contribution is 5.76. The summed E-state index contributed by atoms with van der Waals surface area (Å²) in [5, 5.41) is 0. The van der Waals surface area contributed by atoms with Crippen LogP contribution in [0.4, 0.5) is 5.82 Å². The van der Waals surface area contributed by atoms with Crippen molar-refractivity contribution in [2.75, 3.05) is 38.2 Å². The summed E-state index contributed by atoms with van der Waals surface area (Å²) in [5.74, 6) is 0.511. The summed E-state index contributed by atoms with van der Waals surface area (Å²) in [6, 6.07) is 1.39. The Morgan fingerprint density at radius 2 is 2.44 bits per heavy atom. The first-order valence-electron chi connectivity index (χ1n) is 6.46. The second kappa shape index (κ2) is 4.94. The average molecular weight is 225 g/mol. The quantitative estimate of drug-likeness (QED) is 0.710. The van der Waals surface area contributed by atoms with E-state index in [2.05, 4.69) is 4.98 Å². The minimum atomic E-state index is -2.58. The number of nitrogens with zero attached hydrogens (tertiary/aromatic N) is 2. The van der Waals surface area contributed by atoms with Crippen molar-refractivity contribution in [3.8, 4) is 5.75 Å². The molecule has 0 unspecified atom stereocenters. The van der Waals surface area contributed by atoms with Crippen LogP contribution in [0.5, 0.6) is 5.75 Å². The minimum Gasteiger partial charge on any atom is -0.493 e. The van der Waals surface area contributed by atoms with Crippen molar-refractivity contribution >= 4 is 12.1 Å². The van der Waals surface area contributed by atoms with Gasteiger partial charge in [0.25, 0.3) is 0 Å². The monoisotopic (exact) mass is 225 g/mol. The Morgan fingerprint density at radius 3 is 3.12 bits per heavy atom. The number of methoxy groups -OCH3 is 1. The number of aromatic nitrogens is 1. The van der Waals surface area contributed by atoms with E-state index >= 15 is 0 Å². The van der Waals surface area contributed by atoms with Gasteiger partial charge in [0.2, 0.25) is 0 Å². The first-order valence-corrected chi connectivity index (χ1v) is 4.96. The Morgan fingerprint density at radius 1 is 1.62 bits per heavy atom. The third kappa shape index (κ3) is 2.14. The van der Waals surface area contributed by atoms with Gasteiger partial charge in [0, 0.05) is 24.8 Å². The summed E-state index contributed by atoms with van der Waals surface area (Å²) in [6.07, 6.45) is 1.99. The van der Waals surface area contributed by atoms with E-state index in [1.165, 1.54) is 12.3 Å². The van der Waals surface area contributed by atoms with Gasteiger partial charge in [-0.3, -0.25) is 4.79 Å². The summed E-state index contributed by atoms with van der Waals surface area (Å²) >= 11 is 0. The lowest BCUT2D eigenvalue weighted by atomic mass is 10.2. The molecule has 16 heavy (non-hydrogen) atoms. The van der Waals surface area contributed by atoms with E-state index in [0.29, 0.717) is 38.4 Å². The number of carbonyl (C=O) groups is 1. The number of ether oxygens (including phenoxy) is 2. The predicted octanol–water partition coefficient (Wildman–Crippen LogP) is 0.739. The van der Waals surface area contributed by atoms with Gasteiger partial charge in [0.05, 0.1) is 24.4 Å². The first kappa shape index (κ1) is 7.62. The molecule has 0 saturated carbocycles. The molecule has 1 aromatic rings. The van der Waals surface area contributed by atoms with Crippen LogP contribution in [0.15, 0.2) is 12.3 Å². The van der Waals surface area contributed by atoms with Gasteiger partial charge in [-0.15, -0.1) is 0 Å². The van der Waals surface area contributed by atoms with Crippen molar-refractivity contribution in [3.63, 3.8) is 0 Å². The van der Waals surface area contributed by atoms with Crippen LogP contribution in [-0.4, -0.2) is 44.6 Å². The standard InChI is InChI=1S/C11H14N2O3/c1-15-10-6-9(8-14)7-12-11(10)13-2-4-16-5-3-13/h6-8H,2-5H2,1H3/i1D3. The Bertz CT molecular complexity index is 459. The predicted molar refractivity (Wildman–Crippen MR) is 59.2 cm³/mol. The Balaban J connectivity index is 2.32. The van der Waals surface area contributed by atoms with Crippen molar-refractivity contribution in [3.05, 3.63) is 17.8 Å². The zero-order chi connectivity index (χ0) is 13.9. The van der Waals surface area contributed by atoms with E-state index in [9.17, 15) is 4.79 Å². The van der Waals surface area contributed by atoms with E-state index in [4.69, 9.17) is 13.6 Å². The zero-order valence-electron chi connectivity index (χ0n) is 11.7. The maximum absolute atomic E-state index is 10.7. The van der Waals surface area contributed by atoms with Gasteiger partial charge in [-0.05, 0) is 6.07 Å². The molecule has 0 aromatic carbocycles. The summed E-state index contributed by atoms with van der Waals surface area (Å²) in [6.45, 7) is 2.30. The smallest absolute Gasteiger partial charge is 0.171 e. The Hall–Kier alpha value is -1.62. The molecular weight excluding hydrogens is 208 g/mol. The van der Waals surface area contributed by atoms with Crippen LogP contribution >= 0.6 is 0 Å². The molecule has 0 amide bonds. The number of aldehydes is 1. The third-order valence-electron chi connectivity index (χ3n) is 2.41. The molecule has 2 heterocycles. The van der Waals surface area contributed by atoms with Crippen LogP contribution < -0.4 is 9.64 Å². The number of rotatable bonds is 3. The van der Waals surface area contributed by atoms with E-state index in [1.54, 1.807) is 0 Å². The fourth-order valence-electron chi connectivity index (χ4n) is 1.60. The molecule has 0 N–H and O–H groups in total. The van der Waals surface area contributed by atoms with E-state index in [0.717, 1.165) is 0 Å². The van der Waals surface area contributed by atoms with E-state index in [1.807, 2.05) is 4.90 Å². The molecule has 5 nitrogen and oxygen atoms in total. The highest BCUT2D eigenvalue weighted by Crippen LogP contribution is 2.26. The van der Waals surface area contributed by atoms with Crippen LogP contribution in [0.3, 0.4) is 0 Å². The second-order valence-corrected chi connectivity index (χ2v) is 3.41. The SMILES string of the molecule is [2H]C([2H])([2H])Oc1cc(C=O)cnc1N1CCOCC1. The molecule has 0 spiro atoms. The molecular formula is C11H14N2O3. The van der Waals surface area contributed by atoms with Crippen LogP contribution in [0.1, 0.15) is 14.5 Å². The van der Waals surface area contributed by atoms with Gasteiger partial charge in [0.1, 0.15) is 0 Å². The molecule has 2 rings (SSSR count). The van der Waals surface area contributed by atoms with Crippen molar-refractivity contribution in [1.29, 1.82) is 0 Å². The highest BCUT2D eigenvalue weighted by atomic mass is 16.5. The molecule has 5 heteroatoms. The van der Waals surface area contributed by atoms with Gasteiger partial charge in [0.15, 0.2) is 17.9 Å². The Kier molecular flexibility index (Phi) is 2.35. The summed E-state index contributed by atoms with van der Waals surface area (Å²) in [4.78, 5) is 16.7. The lowest BCUT2D eigenvalue weighted by Gasteiger charge is -2.28. The fraction of sp³-hybridized carbons (Fsp3) is 0.455. The van der Waals surface area contributed by atoms with Crippen LogP contribution in [0, 0.1) is 0 Å². The molecule has 0 atom stereocenters. The molecule has 1 aliphatic rings. The van der Waals surface area contributed by atoms with Crippen LogP contribution in [-0.2, 0) is 4.74 Å². The summed E-state index contributed by atoms with van der Waals surface area (Å²) < 4.78 is 31.6. The maximum Gasteiger partial charge on any atom is 0.171 e. The van der Waals surface area contributed by atoms with Gasteiger partial charge < -0.3 is 14.4 Å². The van der Waals surface area contributed by atoms with Gasteiger partial charge in [-0.1, -0.05) is 0 Å². The number of hydrogen-bond acceptors (Lipinski definition) is 5. The number of hydrogen-bond donors (Lipinski definition) is 0. The molecule has 1 saturated heterocycles. The second-order valence-electron chi connectivity index (χ2n) is 3.41. The van der Waals surface area contributed by atoms with Crippen molar-refractivity contribution < 1.29 is 18.4 Å². The van der Waals surface area contributed by atoms with Crippen molar-refractivity contribution in [2.24, 2.45) is 0 Å². The van der Waals surface area contributed by atoms with Gasteiger partial charge in [-0.2, -0.15) is 0 Å². The molecule has 1 fully saturated rings. The van der Waals surface area contributed by atoms with Gasteiger partial charge in [-0.25, -0.2) is 4.98 Å². The number of carbonyl (C=O) groups excluding carboxylic acids is 1. The highest BCUT2D eigenvalue weighted by Gasteiger charge is 2.16. The van der Waals surface area contributed by atoms with E-state index in [-0.39, 0.29) is 11.3 Å². The lowest BCUT2D eigenvalue weighted by molar-refractivity contribution is 0.112. The molecule has 0 bridgehead atoms. The summed E-state index contributed by atoms with van der Waals surface area (Å²) in [5.41, 5.74) is 0.274. The molecule has 0 radical (unpaired) electrons. The van der Waals surface area contributed by atoms with Crippen molar-refractivity contribution in [1.82, 2.24) is 4.98 Å². The zero-order valence-corrected chi connectivity index (χ0v) is 8.68. The number of morpholine rings is 1. The molecule has 1 aliphatic heterocycles. The Labute approximate surface area is 98.2 Å². The normalized spacial score (nSPS) is 19.5. The molecule has 1 aromatic heterocycles. The fourth-order valence-corrected chi connectivity index (χ4v) is 1.60. The lowest BCUT2D eigenvalue weighted by Crippen LogP contribution is -2.37. The van der Waals surface area contributed by atoms with Crippen molar-refractivity contribution in [2.45, 2.75) is 0 Å². The van der Waals surface area contributed by atoms with E-state index < -0.39 is 7.04 Å². The van der Waals surface area contributed by atoms with Gasteiger partial charge >= 0.3 is 0 Å². The summed E-state index contributed by atoms with van der Waals surface area (Å²) in [7, 11) is -2.58. The third-order valence-corrected chi connectivity index (χ3v) is 2.41. The largest absolute Gasteiger partial charge is 0.493 e. The molecule has 86 valence electrons. The number of anilines is 1. The average Bonchev–Trinajstić information content (AvgIpc) is 2.38. The van der Waals surface area contributed by atoms with Crippen LogP contribution in [0.25, 0.3) is 0 Å². The topological polar surface area (TPSA) is 51.7 Å². The van der Waals surface area contributed by atoms with Crippen LogP contribution in [0.2, 0.25) is 0 Å². The minimum absolute atomic E-state index is 0.0894. The number of pyridine rings is 1.